The van der Waals surface area contributed by atoms with E-state index in [0.717, 1.165) is 4.47 Å². The van der Waals surface area contributed by atoms with E-state index in [1.54, 1.807) is 11.3 Å². The predicted octanol–water partition coefficient (Wildman–Crippen LogP) is 6.46. The van der Waals surface area contributed by atoms with Crippen molar-refractivity contribution >= 4 is 44.9 Å². The van der Waals surface area contributed by atoms with Gasteiger partial charge in [0.25, 0.3) is 0 Å². The van der Waals surface area contributed by atoms with Crippen molar-refractivity contribution in [1.82, 2.24) is 0 Å². The Morgan fingerprint density at radius 3 is 2.74 bits per heavy atom. The highest BCUT2D eigenvalue weighted by Crippen LogP contribution is 2.31. The maximum atomic E-state index is 5.99. The molecule has 2 rings (SSSR count). The lowest BCUT2D eigenvalue weighted by Gasteiger charge is -2.06. The summed E-state index contributed by atoms with van der Waals surface area (Å²) in [6.45, 7) is 4.36. The fourth-order valence-electron chi connectivity index (χ4n) is 1.77. The minimum absolute atomic E-state index is 0.494. The standard InChI is InChI=1S/C16H16BrClS/c1-11(2)13(10-18)9-15-6-7-16(19-15)12-4-3-5-14(17)8-12/h3-9,11H,10H2,1-2H3. The average molecular weight is 356 g/mol. The summed E-state index contributed by atoms with van der Waals surface area (Å²) >= 11 is 11.3. The van der Waals surface area contributed by atoms with E-state index in [1.807, 2.05) is 6.07 Å². The van der Waals surface area contributed by atoms with Crippen LogP contribution in [0.25, 0.3) is 16.5 Å². The first kappa shape index (κ1) is 14.8. The lowest BCUT2D eigenvalue weighted by atomic mass is 10.0. The van der Waals surface area contributed by atoms with E-state index in [-0.39, 0.29) is 0 Å². The van der Waals surface area contributed by atoms with Crippen molar-refractivity contribution in [2.75, 3.05) is 5.88 Å². The third-order valence-corrected chi connectivity index (χ3v) is 4.84. The molecule has 1 aromatic carbocycles. The molecule has 0 radical (unpaired) electrons. The molecular weight excluding hydrogens is 340 g/mol. The minimum Gasteiger partial charge on any atom is -0.136 e. The highest BCUT2D eigenvalue weighted by Gasteiger charge is 2.05. The van der Waals surface area contributed by atoms with Gasteiger partial charge >= 0.3 is 0 Å². The summed E-state index contributed by atoms with van der Waals surface area (Å²) in [6, 6.07) is 12.7. The Hall–Kier alpha value is -0.570. The lowest BCUT2D eigenvalue weighted by Crippen LogP contribution is -1.94. The zero-order valence-corrected chi connectivity index (χ0v) is 14.1. The van der Waals surface area contributed by atoms with E-state index < -0.39 is 0 Å². The van der Waals surface area contributed by atoms with E-state index in [4.69, 9.17) is 11.6 Å². The van der Waals surface area contributed by atoms with Gasteiger partial charge in [0.15, 0.2) is 0 Å². The molecule has 0 spiro atoms. The normalized spacial score (nSPS) is 12.2. The predicted molar refractivity (Wildman–Crippen MR) is 91.0 cm³/mol. The zero-order chi connectivity index (χ0) is 13.8. The van der Waals surface area contributed by atoms with Crippen LogP contribution in [0.15, 0.2) is 46.4 Å². The molecular formula is C16H16BrClS. The minimum atomic E-state index is 0.494. The Balaban J connectivity index is 2.29. The molecule has 0 aliphatic carbocycles. The molecule has 0 nitrogen and oxygen atoms in total. The van der Waals surface area contributed by atoms with Crippen molar-refractivity contribution < 1.29 is 0 Å². The van der Waals surface area contributed by atoms with Gasteiger partial charge in [-0.3, -0.25) is 0 Å². The van der Waals surface area contributed by atoms with Gasteiger partial charge < -0.3 is 0 Å². The van der Waals surface area contributed by atoms with Crippen LogP contribution in [0.1, 0.15) is 18.7 Å². The van der Waals surface area contributed by atoms with Crippen LogP contribution in [0.2, 0.25) is 0 Å². The van der Waals surface area contributed by atoms with Crippen molar-refractivity contribution in [1.29, 1.82) is 0 Å². The van der Waals surface area contributed by atoms with E-state index in [1.165, 1.54) is 20.9 Å². The van der Waals surface area contributed by atoms with Crippen LogP contribution in [-0.4, -0.2) is 5.88 Å². The van der Waals surface area contributed by atoms with Gasteiger partial charge in [0.1, 0.15) is 0 Å². The Kier molecular flexibility index (Phi) is 5.26. The van der Waals surface area contributed by atoms with Crippen molar-refractivity contribution in [2.45, 2.75) is 13.8 Å². The Morgan fingerprint density at radius 2 is 2.11 bits per heavy atom. The smallest absolute Gasteiger partial charge is 0.0439 e. The molecule has 0 N–H and O–H groups in total. The van der Waals surface area contributed by atoms with Gasteiger partial charge in [0, 0.05) is 20.1 Å². The number of benzene rings is 1. The SMILES string of the molecule is CC(C)C(=Cc1ccc(-c2cccc(Br)c2)s1)CCl. The van der Waals surface area contributed by atoms with Crippen molar-refractivity contribution in [3.05, 3.63) is 51.3 Å². The first-order chi connectivity index (χ1) is 9.10. The summed E-state index contributed by atoms with van der Waals surface area (Å²) in [5.74, 6) is 1.09. The second-order valence-corrected chi connectivity index (χ2v) is 7.02. The molecule has 1 heterocycles. The van der Waals surface area contributed by atoms with E-state index in [9.17, 15) is 0 Å². The van der Waals surface area contributed by atoms with Gasteiger partial charge in [-0.1, -0.05) is 47.5 Å². The Morgan fingerprint density at radius 1 is 1.32 bits per heavy atom. The van der Waals surface area contributed by atoms with E-state index in [2.05, 4.69) is 66.2 Å². The molecule has 0 aliphatic rings. The van der Waals surface area contributed by atoms with Crippen LogP contribution in [0, 0.1) is 5.92 Å². The number of rotatable bonds is 4. The van der Waals surface area contributed by atoms with Gasteiger partial charge in [0.2, 0.25) is 0 Å². The van der Waals surface area contributed by atoms with Crippen LogP contribution < -0.4 is 0 Å². The van der Waals surface area contributed by atoms with Crippen LogP contribution in [0.4, 0.5) is 0 Å². The van der Waals surface area contributed by atoms with Crippen LogP contribution in [-0.2, 0) is 0 Å². The summed E-state index contributed by atoms with van der Waals surface area (Å²) in [7, 11) is 0. The summed E-state index contributed by atoms with van der Waals surface area (Å²) < 4.78 is 1.11. The topological polar surface area (TPSA) is 0 Å². The maximum Gasteiger partial charge on any atom is 0.0439 e. The fraction of sp³-hybridized carbons (Fsp3) is 0.250. The first-order valence-corrected chi connectivity index (χ1v) is 8.36. The molecule has 3 heteroatoms. The number of allylic oxidation sites excluding steroid dienone is 1. The molecule has 0 saturated heterocycles. The first-order valence-electron chi connectivity index (χ1n) is 6.22. The molecule has 100 valence electrons. The van der Waals surface area contributed by atoms with Crippen molar-refractivity contribution in [3.63, 3.8) is 0 Å². The number of thiophene rings is 1. The summed E-state index contributed by atoms with van der Waals surface area (Å²) in [6.07, 6.45) is 2.21. The number of halogens is 2. The lowest BCUT2D eigenvalue weighted by molar-refractivity contribution is 0.778. The molecule has 19 heavy (non-hydrogen) atoms. The Labute approximate surface area is 132 Å². The highest BCUT2D eigenvalue weighted by atomic mass is 79.9. The molecule has 0 bridgehead atoms. The van der Waals surface area contributed by atoms with Crippen LogP contribution in [0.3, 0.4) is 0 Å². The van der Waals surface area contributed by atoms with Crippen molar-refractivity contribution in [2.24, 2.45) is 5.92 Å². The van der Waals surface area contributed by atoms with Gasteiger partial charge in [-0.15, -0.1) is 22.9 Å². The highest BCUT2D eigenvalue weighted by molar-refractivity contribution is 9.10. The molecule has 0 aliphatic heterocycles. The molecule has 0 unspecified atom stereocenters. The monoisotopic (exact) mass is 354 g/mol. The number of hydrogen-bond acceptors (Lipinski definition) is 1. The molecule has 0 saturated carbocycles. The van der Waals surface area contributed by atoms with Gasteiger partial charge in [-0.05, 0) is 41.8 Å². The summed E-state index contributed by atoms with van der Waals surface area (Å²) in [5.41, 5.74) is 2.53. The maximum absolute atomic E-state index is 5.99. The van der Waals surface area contributed by atoms with Gasteiger partial charge in [0.05, 0.1) is 0 Å². The third kappa shape index (κ3) is 3.95. The zero-order valence-electron chi connectivity index (χ0n) is 11.0. The van der Waals surface area contributed by atoms with Crippen LogP contribution >= 0.6 is 38.9 Å². The van der Waals surface area contributed by atoms with E-state index >= 15 is 0 Å². The summed E-state index contributed by atoms with van der Waals surface area (Å²) in [4.78, 5) is 2.55. The quantitative estimate of drug-likeness (QED) is 0.552. The molecule has 1 aromatic heterocycles. The van der Waals surface area contributed by atoms with Gasteiger partial charge in [-0.25, -0.2) is 0 Å². The van der Waals surface area contributed by atoms with Crippen molar-refractivity contribution in [3.8, 4) is 10.4 Å². The average Bonchev–Trinajstić information content (AvgIpc) is 2.84. The molecule has 0 atom stereocenters. The third-order valence-electron chi connectivity index (χ3n) is 2.96. The molecule has 2 aromatic rings. The number of hydrogen-bond donors (Lipinski definition) is 0. The fourth-order valence-corrected chi connectivity index (χ4v) is 3.54. The second kappa shape index (κ2) is 6.74. The number of alkyl halides is 1. The second-order valence-electron chi connectivity index (χ2n) is 4.72. The van der Waals surface area contributed by atoms with Crippen LogP contribution in [0.5, 0.6) is 0 Å². The van der Waals surface area contributed by atoms with Gasteiger partial charge in [-0.2, -0.15) is 0 Å². The molecule has 0 amide bonds. The molecule has 0 fully saturated rings. The summed E-state index contributed by atoms with van der Waals surface area (Å²) in [5, 5.41) is 0. The largest absolute Gasteiger partial charge is 0.136 e. The van der Waals surface area contributed by atoms with E-state index in [0.29, 0.717) is 11.8 Å². The Bertz CT molecular complexity index is 584.